The lowest BCUT2D eigenvalue weighted by atomic mass is 9.90. The molecule has 5 nitrogen and oxygen atoms in total. The van der Waals surface area contributed by atoms with E-state index in [4.69, 9.17) is 26.8 Å². The van der Waals surface area contributed by atoms with E-state index in [-0.39, 0.29) is 5.75 Å². The van der Waals surface area contributed by atoms with E-state index in [2.05, 4.69) is 0 Å². The molecule has 0 bridgehead atoms. The highest BCUT2D eigenvalue weighted by atomic mass is 35.5. The zero-order valence-corrected chi connectivity index (χ0v) is 16.6. The first-order valence-corrected chi connectivity index (χ1v) is 9.22. The molecule has 0 saturated heterocycles. The Balaban J connectivity index is 2.26. The van der Waals surface area contributed by atoms with Crippen LogP contribution < -0.4 is 15.2 Å². The third kappa shape index (κ3) is 3.09. The largest absolute Gasteiger partial charge is 0.508 e. The Morgan fingerprint density at radius 1 is 0.897 bits per heavy atom. The molecule has 0 fully saturated rings. The van der Waals surface area contributed by atoms with Crippen molar-refractivity contribution in [1.29, 1.82) is 0 Å². The number of carbonyl (C=O) groups excluding carboxylic acids is 1. The normalized spacial score (nSPS) is 11.0. The summed E-state index contributed by atoms with van der Waals surface area (Å²) in [5.41, 5.74) is 7.61. The van der Waals surface area contributed by atoms with Crippen LogP contribution in [0.25, 0.3) is 32.7 Å². The van der Waals surface area contributed by atoms with Crippen LogP contribution in [0.3, 0.4) is 0 Å². The third-order valence-corrected chi connectivity index (χ3v) is 5.23. The number of hydrogen-bond donors (Lipinski definition) is 2. The molecule has 29 heavy (non-hydrogen) atoms. The molecule has 0 radical (unpaired) electrons. The van der Waals surface area contributed by atoms with Crippen LogP contribution in [-0.4, -0.2) is 25.2 Å². The molecule has 0 aliphatic heterocycles. The van der Waals surface area contributed by atoms with Crippen molar-refractivity contribution in [2.75, 3.05) is 14.2 Å². The molecule has 3 N–H and O–H groups in total. The molecule has 146 valence electrons. The highest BCUT2D eigenvalue weighted by Gasteiger charge is 2.21. The molecule has 0 unspecified atom stereocenters. The van der Waals surface area contributed by atoms with Crippen molar-refractivity contribution in [3.63, 3.8) is 0 Å². The van der Waals surface area contributed by atoms with Crippen molar-refractivity contribution in [2.24, 2.45) is 5.73 Å². The Kier molecular flexibility index (Phi) is 4.68. The summed E-state index contributed by atoms with van der Waals surface area (Å²) in [4.78, 5) is 12.2. The number of carbonyl (C=O) groups is 1. The van der Waals surface area contributed by atoms with E-state index in [9.17, 15) is 9.90 Å². The van der Waals surface area contributed by atoms with Crippen LogP contribution in [0.2, 0.25) is 5.02 Å². The van der Waals surface area contributed by atoms with E-state index >= 15 is 0 Å². The molecule has 0 atom stereocenters. The monoisotopic (exact) mass is 407 g/mol. The summed E-state index contributed by atoms with van der Waals surface area (Å²) in [5.74, 6) is 0.585. The molecule has 0 aliphatic carbocycles. The van der Waals surface area contributed by atoms with E-state index in [1.54, 1.807) is 44.6 Å². The molecule has 4 rings (SSSR count). The number of ether oxygens (including phenoxy) is 2. The number of fused-ring (bicyclic) bond motifs is 3. The second kappa shape index (κ2) is 7.18. The molecule has 0 heterocycles. The second-order valence-electron chi connectivity index (χ2n) is 6.61. The first kappa shape index (κ1) is 18.9. The number of rotatable bonds is 4. The molecular formula is C23H18ClNO4. The standard InChI is InChI=1S/C23H18ClNO4/c1-28-20-11-17-16-9-14(26)7-8-15(16)19(23(25)27)10-18(17)21(22(20)29-2)12-3-5-13(24)6-4-12/h3-11,26H,1-2H3,(H2,25,27). The summed E-state index contributed by atoms with van der Waals surface area (Å²) >= 11 is 6.07. The number of halogens is 1. The fourth-order valence-corrected chi connectivity index (χ4v) is 3.83. The molecule has 1 amide bonds. The number of phenols is 1. The third-order valence-electron chi connectivity index (χ3n) is 4.98. The fourth-order valence-electron chi connectivity index (χ4n) is 3.70. The Morgan fingerprint density at radius 3 is 2.21 bits per heavy atom. The fraction of sp³-hybridized carbons (Fsp3) is 0.0870. The number of amides is 1. The van der Waals surface area contributed by atoms with Crippen LogP contribution in [-0.2, 0) is 0 Å². The Labute approximate surface area is 172 Å². The quantitative estimate of drug-likeness (QED) is 0.459. The minimum atomic E-state index is -0.556. The van der Waals surface area contributed by atoms with Crippen LogP contribution in [0.5, 0.6) is 17.2 Å². The zero-order valence-electron chi connectivity index (χ0n) is 15.8. The van der Waals surface area contributed by atoms with Gasteiger partial charge in [0.2, 0.25) is 5.91 Å². The first-order valence-electron chi connectivity index (χ1n) is 8.84. The first-order chi connectivity index (χ1) is 13.9. The van der Waals surface area contributed by atoms with Gasteiger partial charge in [0.1, 0.15) is 5.75 Å². The van der Waals surface area contributed by atoms with Gasteiger partial charge in [-0.05, 0) is 69.6 Å². The SMILES string of the molecule is COc1cc2c(cc(C(N)=O)c3ccc(O)cc32)c(-c2ccc(Cl)cc2)c1OC. The van der Waals surface area contributed by atoms with Gasteiger partial charge in [0.05, 0.1) is 14.2 Å². The average molecular weight is 408 g/mol. The van der Waals surface area contributed by atoms with Gasteiger partial charge in [-0.2, -0.15) is 0 Å². The second-order valence-corrected chi connectivity index (χ2v) is 7.04. The van der Waals surface area contributed by atoms with Gasteiger partial charge in [-0.1, -0.05) is 23.7 Å². The number of benzene rings is 4. The summed E-state index contributed by atoms with van der Waals surface area (Å²) in [7, 11) is 3.12. The molecule has 0 aromatic heterocycles. The molecule has 4 aromatic carbocycles. The van der Waals surface area contributed by atoms with Gasteiger partial charge in [0.25, 0.3) is 0 Å². The summed E-state index contributed by atoms with van der Waals surface area (Å²) < 4.78 is 11.3. The van der Waals surface area contributed by atoms with Crippen LogP contribution in [0.15, 0.2) is 54.6 Å². The predicted molar refractivity (Wildman–Crippen MR) is 115 cm³/mol. The lowest BCUT2D eigenvalue weighted by molar-refractivity contribution is 0.100. The van der Waals surface area contributed by atoms with Crippen molar-refractivity contribution in [1.82, 2.24) is 0 Å². The summed E-state index contributed by atoms with van der Waals surface area (Å²) in [6.45, 7) is 0. The molecule has 0 saturated carbocycles. The number of aromatic hydroxyl groups is 1. The van der Waals surface area contributed by atoms with Crippen molar-refractivity contribution < 1.29 is 19.4 Å². The minimum absolute atomic E-state index is 0.0863. The van der Waals surface area contributed by atoms with Gasteiger partial charge in [-0.25, -0.2) is 0 Å². The topological polar surface area (TPSA) is 81.8 Å². The Hall–Kier alpha value is -3.44. The van der Waals surface area contributed by atoms with Gasteiger partial charge in [0.15, 0.2) is 11.5 Å². The van der Waals surface area contributed by atoms with Crippen molar-refractivity contribution in [3.8, 4) is 28.4 Å². The summed E-state index contributed by atoms with van der Waals surface area (Å²) in [5, 5.41) is 13.6. The van der Waals surface area contributed by atoms with Gasteiger partial charge in [0, 0.05) is 16.1 Å². The lowest BCUT2D eigenvalue weighted by Gasteiger charge is -2.18. The Morgan fingerprint density at radius 2 is 1.59 bits per heavy atom. The summed E-state index contributed by atoms with van der Waals surface area (Å²) in [6, 6.07) is 15.7. The van der Waals surface area contributed by atoms with Crippen molar-refractivity contribution in [2.45, 2.75) is 0 Å². The van der Waals surface area contributed by atoms with Gasteiger partial charge in [-0.3, -0.25) is 4.79 Å². The molecule has 0 aliphatic rings. The number of primary amides is 1. The predicted octanol–water partition coefficient (Wildman–Crippen LogP) is 5.14. The smallest absolute Gasteiger partial charge is 0.249 e. The van der Waals surface area contributed by atoms with E-state index < -0.39 is 5.91 Å². The molecule has 4 aromatic rings. The van der Waals surface area contributed by atoms with Gasteiger partial charge in [-0.15, -0.1) is 0 Å². The van der Waals surface area contributed by atoms with E-state index in [1.807, 2.05) is 18.2 Å². The average Bonchev–Trinajstić information content (AvgIpc) is 2.72. The number of phenolic OH excluding ortho intramolecular Hbond substituents is 1. The number of hydrogen-bond acceptors (Lipinski definition) is 4. The van der Waals surface area contributed by atoms with E-state index in [0.717, 1.165) is 21.9 Å². The van der Waals surface area contributed by atoms with Crippen LogP contribution in [0.1, 0.15) is 10.4 Å². The van der Waals surface area contributed by atoms with Crippen LogP contribution in [0.4, 0.5) is 0 Å². The van der Waals surface area contributed by atoms with E-state index in [0.29, 0.717) is 32.9 Å². The lowest BCUT2D eigenvalue weighted by Crippen LogP contribution is -2.11. The van der Waals surface area contributed by atoms with Gasteiger partial charge < -0.3 is 20.3 Å². The summed E-state index contributed by atoms with van der Waals surface area (Å²) in [6.07, 6.45) is 0. The van der Waals surface area contributed by atoms with Gasteiger partial charge >= 0.3 is 0 Å². The van der Waals surface area contributed by atoms with Crippen LogP contribution >= 0.6 is 11.6 Å². The van der Waals surface area contributed by atoms with E-state index in [1.165, 1.54) is 6.07 Å². The Bertz CT molecular complexity index is 1270. The maximum atomic E-state index is 12.2. The molecule has 0 spiro atoms. The molecular weight excluding hydrogens is 390 g/mol. The van der Waals surface area contributed by atoms with Crippen molar-refractivity contribution in [3.05, 3.63) is 65.2 Å². The molecule has 6 heteroatoms. The van der Waals surface area contributed by atoms with Crippen molar-refractivity contribution >= 4 is 39.1 Å². The highest BCUT2D eigenvalue weighted by molar-refractivity contribution is 6.30. The minimum Gasteiger partial charge on any atom is -0.508 e. The number of nitrogens with two attached hydrogens (primary N) is 1. The zero-order chi connectivity index (χ0) is 20.7. The highest BCUT2D eigenvalue weighted by Crippen LogP contribution is 2.46. The van der Waals surface area contributed by atoms with Crippen LogP contribution in [0, 0.1) is 0 Å². The maximum absolute atomic E-state index is 12.2. The number of methoxy groups -OCH3 is 2. The maximum Gasteiger partial charge on any atom is 0.249 e.